The van der Waals surface area contributed by atoms with Crippen molar-refractivity contribution >= 4 is 5.97 Å². The second-order valence-corrected chi connectivity index (χ2v) is 8.39. The number of hydrogen-bond acceptors (Lipinski definition) is 4. The molecule has 3 rings (SSSR count). The lowest BCUT2D eigenvalue weighted by molar-refractivity contribution is -0.151. The molecule has 0 aromatic heterocycles. The predicted octanol–water partition coefficient (Wildman–Crippen LogP) is 3.34. The summed E-state index contributed by atoms with van der Waals surface area (Å²) < 4.78 is 4.82. The summed E-state index contributed by atoms with van der Waals surface area (Å²) in [5.41, 5.74) is 2.11. The van der Waals surface area contributed by atoms with Gasteiger partial charge in [0, 0.05) is 11.6 Å². The molecule has 0 saturated heterocycles. The van der Waals surface area contributed by atoms with Gasteiger partial charge in [-0.05, 0) is 66.8 Å². The Kier molecular flexibility index (Phi) is 4.65. The van der Waals surface area contributed by atoms with Gasteiger partial charge in [-0.3, -0.25) is 0 Å². The van der Waals surface area contributed by atoms with Crippen molar-refractivity contribution in [1.29, 1.82) is 0 Å². The zero-order chi connectivity index (χ0) is 17.5. The lowest BCUT2D eigenvalue weighted by Crippen LogP contribution is -2.50. The number of carbonyl (C=O) groups excluding carboxylic acids is 1. The Hall–Kier alpha value is -1.13. The number of carbonyl (C=O) groups is 1. The molecule has 1 saturated carbocycles. The highest BCUT2D eigenvalue weighted by molar-refractivity contribution is 5.85. The minimum Gasteiger partial charge on any atom is -0.429 e. The van der Waals surface area contributed by atoms with E-state index in [2.05, 4.69) is 26.8 Å². The normalized spacial score (nSPS) is 42.2. The van der Waals surface area contributed by atoms with E-state index in [9.17, 15) is 15.0 Å². The third-order valence-electron chi connectivity index (χ3n) is 7.34. The topological polar surface area (TPSA) is 66.8 Å². The molecule has 1 fully saturated rings. The van der Waals surface area contributed by atoms with Crippen molar-refractivity contribution in [2.75, 3.05) is 6.61 Å². The summed E-state index contributed by atoms with van der Waals surface area (Å²) >= 11 is 0. The Morgan fingerprint density at radius 2 is 2.08 bits per heavy atom. The Bertz CT molecular complexity index is 578. The molecule has 0 amide bonds. The average Bonchev–Trinajstić information content (AvgIpc) is 2.87. The van der Waals surface area contributed by atoms with Crippen LogP contribution in [0.4, 0.5) is 0 Å². The SMILES string of the molecule is C[C@H]1CC[C@]2(C)C(CO)=CCC[C@H]2[C@]1(C)CCC1=CC(=O)OC1O. The highest BCUT2D eigenvalue weighted by atomic mass is 16.6. The number of aliphatic hydroxyl groups excluding tert-OH is 2. The fourth-order valence-corrected chi connectivity index (χ4v) is 5.50. The van der Waals surface area contributed by atoms with Crippen LogP contribution in [0.2, 0.25) is 0 Å². The van der Waals surface area contributed by atoms with Gasteiger partial charge in [0.2, 0.25) is 6.29 Å². The zero-order valence-corrected chi connectivity index (χ0v) is 15.0. The standard InChI is InChI=1S/C20H30O4/c1-13-7-9-20(3)15(12-21)5-4-6-16(20)19(13,2)10-8-14-11-17(22)24-18(14)23/h5,11,13,16,18,21,23H,4,6-10,12H2,1-3H3/t13-,16-,18?,19+,20+/m0/s1. The fourth-order valence-electron chi connectivity index (χ4n) is 5.50. The lowest BCUT2D eigenvalue weighted by atomic mass is 9.47. The second-order valence-electron chi connectivity index (χ2n) is 8.39. The predicted molar refractivity (Wildman–Crippen MR) is 91.9 cm³/mol. The van der Waals surface area contributed by atoms with Crippen LogP contribution >= 0.6 is 0 Å². The van der Waals surface area contributed by atoms with Crippen molar-refractivity contribution in [1.82, 2.24) is 0 Å². The Labute approximate surface area is 144 Å². The first kappa shape index (κ1) is 17.7. The third kappa shape index (κ3) is 2.74. The van der Waals surface area contributed by atoms with Gasteiger partial charge in [-0.2, -0.15) is 0 Å². The molecule has 2 N–H and O–H groups in total. The number of fused-ring (bicyclic) bond motifs is 1. The highest BCUT2D eigenvalue weighted by Gasteiger charge is 2.53. The van der Waals surface area contributed by atoms with Gasteiger partial charge >= 0.3 is 5.97 Å². The third-order valence-corrected chi connectivity index (χ3v) is 7.34. The molecule has 1 unspecified atom stereocenters. The van der Waals surface area contributed by atoms with Crippen LogP contribution in [0.15, 0.2) is 23.3 Å². The van der Waals surface area contributed by atoms with Gasteiger partial charge in [-0.25, -0.2) is 4.79 Å². The number of esters is 1. The number of hydrogen-bond donors (Lipinski definition) is 2. The van der Waals surface area contributed by atoms with E-state index in [0.717, 1.165) is 32.1 Å². The van der Waals surface area contributed by atoms with E-state index in [-0.39, 0.29) is 17.4 Å². The van der Waals surface area contributed by atoms with Crippen LogP contribution in [0.5, 0.6) is 0 Å². The van der Waals surface area contributed by atoms with E-state index >= 15 is 0 Å². The van der Waals surface area contributed by atoms with Crippen molar-refractivity contribution in [3.8, 4) is 0 Å². The molecule has 2 aliphatic carbocycles. The molecule has 0 aromatic carbocycles. The van der Waals surface area contributed by atoms with Crippen LogP contribution in [0.3, 0.4) is 0 Å². The number of aliphatic hydroxyl groups is 2. The van der Waals surface area contributed by atoms with Gasteiger partial charge in [0.15, 0.2) is 0 Å². The molecule has 0 radical (unpaired) electrons. The van der Waals surface area contributed by atoms with E-state index in [1.54, 1.807) is 0 Å². The molecule has 134 valence electrons. The molecule has 3 aliphatic rings. The van der Waals surface area contributed by atoms with E-state index < -0.39 is 12.3 Å². The van der Waals surface area contributed by atoms with Gasteiger partial charge in [0.25, 0.3) is 0 Å². The quantitative estimate of drug-likeness (QED) is 0.611. The summed E-state index contributed by atoms with van der Waals surface area (Å²) in [6.45, 7) is 7.17. The van der Waals surface area contributed by atoms with Crippen LogP contribution in [0.25, 0.3) is 0 Å². The maximum Gasteiger partial charge on any atom is 0.333 e. The van der Waals surface area contributed by atoms with Crippen molar-refractivity contribution in [2.45, 2.75) is 65.6 Å². The molecule has 0 bridgehead atoms. The molecule has 24 heavy (non-hydrogen) atoms. The summed E-state index contributed by atoms with van der Waals surface area (Å²) in [7, 11) is 0. The summed E-state index contributed by atoms with van der Waals surface area (Å²) in [6, 6.07) is 0. The number of ether oxygens (including phenoxy) is 1. The second kappa shape index (κ2) is 6.30. The van der Waals surface area contributed by atoms with Crippen molar-refractivity contribution in [3.63, 3.8) is 0 Å². The van der Waals surface area contributed by atoms with Crippen molar-refractivity contribution in [2.24, 2.45) is 22.7 Å². The maximum atomic E-state index is 11.3. The fraction of sp³-hybridized carbons (Fsp3) is 0.750. The monoisotopic (exact) mass is 334 g/mol. The zero-order valence-electron chi connectivity index (χ0n) is 15.0. The van der Waals surface area contributed by atoms with E-state index in [4.69, 9.17) is 4.74 Å². The Morgan fingerprint density at radius 1 is 1.33 bits per heavy atom. The summed E-state index contributed by atoms with van der Waals surface area (Å²) in [5, 5.41) is 19.7. The van der Waals surface area contributed by atoms with Gasteiger partial charge in [0.05, 0.1) is 6.61 Å². The number of cyclic esters (lactones) is 1. The molecule has 5 atom stereocenters. The molecule has 4 heteroatoms. The molecular formula is C20H30O4. The summed E-state index contributed by atoms with van der Waals surface area (Å²) in [6.07, 6.45) is 8.72. The minimum absolute atomic E-state index is 0.0727. The summed E-state index contributed by atoms with van der Waals surface area (Å²) in [5.74, 6) is 0.674. The Morgan fingerprint density at radius 3 is 2.71 bits per heavy atom. The first-order chi connectivity index (χ1) is 11.3. The first-order valence-electron chi connectivity index (χ1n) is 9.21. The van der Waals surface area contributed by atoms with Gasteiger partial charge in [-0.15, -0.1) is 0 Å². The van der Waals surface area contributed by atoms with Gasteiger partial charge < -0.3 is 14.9 Å². The van der Waals surface area contributed by atoms with Gasteiger partial charge in [-0.1, -0.05) is 26.8 Å². The molecule has 1 aliphatic heterocycles. The minimum atomic E-state index is -1.06. The van der Waals surface area contributed by atoms with Crippen molar-refractivity contribution < 1.29 is 19.7 Å². The smallest absolute Gasteiger partial charge is 0.333 e. The maximum absolute atomic E-state index is 11.3. The first-order valence-corrected chi connectivity index (χ1v) is 9.21. The van der Waals surface area contributed by atoms with E-state index in [1.807, 2.05) is 0 Å². The van der Waals surface area contributed by atoms with E-state index in [0.29, 0.717) is 23.8 Å². The van der Waals surface area contributed by atoms with Crippen LogP contribution in [0, 0.1) is 22.7 Å². The molecule has 0 spiro atoms. The molecular weight excluding hydrogens is 304 g/mol. The largest absolute Gasteiger partial charge is 0.429 e. The number of allylic oxidation sites excluding steroid dienone is 1. The molecule has 0 aromatic rings. The highest BCUT2D eigenvalue weighted by Crippen LogP contribution is 2.62. The van der Waals surface area contributed by atoms with E-state index in [1.165, 1.54) is 11.6 Å². The average molecular weight is 334 g/mol. The summed E-state index contributed by atoms with van der Waals surface area (Å²) in [4.78, 5) is 11.3. The molecule has 4 nitrogen and oxygen atoms in total. The molecule has 1 heterocycles. The van der Waals surface area contributed by atoms with Crippen LogP contribution in [-0.4, -0.2) is 29.1 Å². The number of rotatable bonds is 4. The Balaban J connectivity index is 1.83. The van der Waals surface area contributed by atoms with Crippen LogP contribution < -0.4 is 0 Å². The van der Waals surface area contributed by atoms with Crippen LogP contribution in [0.1, 0.15) is 59.3 Å². The van der Waals surface area contributed by atoms with Crippen LogP contribution in [-0.2, 0) is 9.53 Å². The lowest BCUT2D eigenvalue weighted by Gasteiger charge is -2.58. The van der Waals surface area contributed by atoms with Gasteiger partial charge in [0.1, 0.15) is 0 Å². The van der Waals surface area contributed by atoms with Crippen molar-refractivity contribution in [3.05, 3.63) is 23.3 Å².